The number of aromatic nitrogens is 5. The Morgan fingerprint density at radius 2 is 2.12 bits per heavy atom. The first-order valence-electron chi connectivity index (χ1n) is 11.3. The van der Waals surface area contributed by atoms with E-state index < -0.39 is 0 Å². The maximum atomic E-state index is 12.2. The molecular formula is C24H25N7O2. The Kier molecular flexibility index (Phi) is 4.46. The van der Waals surface area contributed by atoms with Gasteiger partial charge in [-0.1, -0.05) is 6.07 Å². The lowest BCUT2D eigenvalue weighted by Crippen LogP contribution is -2.59. The molecule has 1 saturated heterocycles. The van der Waals surface area contributed by atoms with Crippen molar-refractivity contribution >= 4 is 33.8 Å². The number of aromatic amines is 1. The molecule has 2 aliphatic rings. The van der Waals surface area contributed by atoms with E-state index in [1.165, 1.54) is 0 Å². The summed E-state index contributed by atoms with van der Waals surface area (Å²) >= 11 is 0. The van der Waals surface area contributed by atoms with Crippen molar-refractivity contribution in [1.29, 1.82) is 0 Å². The molecule has 1 aliphatic carbocycles. The minimum Gasteiger partial charge on any atom is -0.480 e. The van der Waals surface area contributed by atoms with Crippen molar-refractivity contribution in [3.05, 3.63) is 36.7 Å². The summed E-state index contributed by atoms with van der Waals surface area (Å²) in [5, 5.41) is 13.4. The number of benzene rings is 1. The van der Waals surface area contributed by atoms with Crippen molar-refractivity contribution in [2.75, 3.05) is 19.0 Å². The van der Waals surface area contributed by atoms with Crippen LogP contribution in [0.2, 0.25) is 0 Å². The standard InChI is InChI=1S/C24H25N7O2/c1-24(31-9-3-4-19(31)32)11-16(12-24)27-23-28-21-20(22(29-23)33-2)17(13-25-21)14-5-6-18-15(10-14)7-8-26-30-18/h5-8,10,13,16H,3-4,9,11-12H2,1-2H3,(H2,25,27,28,29)/t16-,24-. The quantitative estimate of drug-likeness (QED) is 0.486. The summed E-state index contributed by atoms with van der Waals surface area (Å²) in [6.45, 7) is 3.04. The number of anilines is 1. The minimum absolute atomic E-state index is 0.0699. The average Bonchev–Trinajstić information content (AvgIpc) is 3.43. The number of carbonyl (C=O) groups is 1. The molecule has 0 spiro atoms. The summed E-state index contributed by atoms with van der Waals surface area (Å²) < 4.78 is 5.66. The monoisotopic (exact) mass is 443 g/mol. The van der Waals surface area contributed by atoms with Crippen molar-refractivity contribution in [3.63, 3.8) is 0 Å². The Bertz CT molecular complexity index is 1380. The largest absolute Gasteiger partial charge is 0.480 e. The van der Waals surface area contributed by atoms with Gasteiger partial charge in [0.25, 0.3) is 0 Å². The van der Waals surface area contributed by atoms with Gasteiger partial charge in [0.2, 0.25) is 17.7 Å². The van der Waals surface area contributed by atoms with E-state index in [0.29, 0.717) is 23.9 Å². The lowest BCUT2D eigenvalue weighted by atomic mass is 9.73. The Balaban J connectivity index is 1.27. The zero-order valence-corrected chi connectivity index (χ0v) is 18.6. The normalized spacial score (nSPS) is 22.7. The van der Waals surface area contributed by atoms with E-state index >= 15 is 0 Å². The average molecular weight is 444 g/mol. The molecular weight excluding hydrogens is 418 g/mol. The molecule has 2 N–H and O–H groups in total. The van der Waals surface area contributed by atoms with E-state index in [2.05, 4.69) is 38.5 Å². The van der Waals surface area contributed by atoms with Crippen LogP contribution in [0.3, 0.4) is 0 Å². The van der Waals surface area contributed by atoms with Crippen LogP contribution >= 0.6 is 0 Å². The third-order valence-corrected chi connectivity index (χ3v) is 6.95. The molecule has 1 aromatic carbocycles. The van der Waals surface area contributed by atoms with Crippen LogP contribution in [0.25, 0.3) is 33.1 Å². The highest BCUT2D eigenvalue weighted by atomic mass is 16.5. The molecule has 168 valence electrons. The zero-order valence-electron chi connectivity index (χ0n) is 18.6. The van der Waals surface area contributed by atoms with Gasteiger partial charge in [-0.3, -0.25) is 4.79 Å². The maximum absolute atomic E-state index is 12.2. The van der Waals surface area contributed by atoms with Gasteiger partial charge in [-0.25, -0.2) is 0 Å². The van der Waals surface area contributed by atoms with E-state index in [9.17, 15) is 4.79 Å². The molecule has 4 heterocycles. The third kappa shape index (κ3) is 3.26. The fourth-order valence-corrected chi connectivity index (χ4v) is 5.32. The molecule has 0 bridgehead atoms. The highest BCUT2D eigenvalue weighted by molar-refractivity contribution is 5.99. The highest BCUT2D eigenvalue weighted by Crippen LogP contribution is 2.42. The Hall–Kier alpha value is -3.75. The molecule has 9 nitrogen and oxygen atoms in total. The van der Waals surface area contributed by atoms with Gasteiger partial charge in [0.1, 0.15) is 5.65 Å². The van der Waals surface area contributed by atoms with Crippen LogP contribution in [-0.4, -0.2) is 61.2 Å². The number of amides is 1. The van der Waals surface area contributed by atoms with Gasteiger partial charge in [0.15, 0.2) is 0 Å². The number of H-pyrrole nitrogens is 1. The zero-order chi connectivity index (χ0) is 22.6. The Morgan fingerprint density at radius 3 is 2.91 bits per heavy atom. The minimum atomic E-state index is -0.0699. The van der Waals surface area contributed by atoms with E-state index in [4.69, 9.17) is 9.72 Å². The number of fused-ring (bicyclic) bond motifs is 2. The fourth-order valence-electron chi connectivity index (χ4n) is 5.32. The predicted molar refractivity (Wildman–Crippen MR) is 125 cm³/mol. The van der Waals surface area contributed by atoms with Gasteiger partial charge >= 0.3 is 0 Å². The van der Waals surface area contributed by atoms with Crippen LogP contribution in [-0.2, 0) is 4.79 Å². The SMILES string of the molecule is COc1nc(N[C@H]2C[C@](C)(N3CCCC3=O)C2)nc2[nH]cc(-c3ccc4nnccc4c3)c12. The smallest absolute Gasteiger partial charge is 0.228 e. The first-order chi connectivity index (χ1) is 16.0. The van der Waals surface area contributed by atoms with Crippen molar-refractivity contribution in [2.24, 2.45) is 0 Å². The van der Waals surface area contributed by atoms with Crippen LogP contribution in [0.1, 0.15) is 32.6 Å². The topological polar surface area (TPSA) is 109 Å². The van der Waals surface area contributed by atoms with Crippen molar-refractivity contribution in [1.82, 2.24) is 30.0 Å². The fraction of sp³-hybridized carbons (Fsp3) is 0.375. The van der Waals surface area contributed by atoms with E-state index in [-0.39, 0.29) is 17.5 Å². The number of methoxy groups -OCH3 is 1. The lowest BCUT2D eigenvalue weighted by Gasteiger charge is -2.51. The molecule has 0 unspecified atom stereocenters. The molecule has 6 rings (SSSR count). The molecule has 0 radical (unpaired) electrons. The molecule has 4 aromatic rings. The van der Waals surface area contributed by atoms with Gasteiger partial charge < -0.3 is 19.9 Å². The van der Waals surface area contributed by atoms with Gasteiger partial charge in [-0.05, 0) is 49.9 Å². The van der Waals surface area contributed by atoms with E-state index in [1.54, 1.807) is 13.3 Å². The number of nitrogens with one attached hydrogen (secondary N) is 2. The van der Waals surface area contributed by atoms with Crippen molar-refractivity contribution < 1.29 is 9.53 Å². The molecule has 1 amide bonds. The number of rotatable bonds is 5. The highest BCUT2D eigenvalue weighted by Gasteiger charge is 2.48. The first kappa shape index (κ1) is 19.9. The summed E-state index contributed by atoms with van der Waals surface area (Å²) in [4.78, 5) is 26.8. The summed E-state index contributed by atoms with van der Waals surface area (Å²) in [6, 6.07) is 8.21. The van der Waals surface area contributed by atoms with Gasteiger partial charge in [0.05, 0.1) is 24.2 Å². The second-order valence-electron chi connectivity index (χ2n) is 9.18. The number of carbonyl (C=O) groups excluding carboxylic acids is 1. The van der Waals surface area contributed by atoms with E-state index in [1.807, 2.05) is 29.3 Å². The van der Waals surface area contributed by atoms with Crippen molar-refractivity contribution in [3.8, 4) is 17.0 Å². The molecule has 3 aromatic heterocycles. The van der Waals surface area contributed by atoms with Crippen LogP contribution in [0.5, 0.6) is 5.88 Å². The van der Waals surface area contributed by atoms with Crippen LogP contribution in [0.4, 0.5) is 5.95 Å². The second-order valence-corrected chi connectivity index (χ2v) is 9.18. The predicted octanol–water partition coefficient (Wildman–Crippen LogP) is 3.53. The van der Waals surface area contributed by atoms with Crippen LogP contribution in [0, 0.1) is 0 Å². The number of hydrogen-bond acceptors (Lipinski definition) is 7. The Morgan fingerprint density at radius 1 is 1.24 bits per heavy atom. The number of nitrogens with zero attached hydrogens (tertiary/aromatic N) is 5. The molecule has 1 aliphatic heterocycles. The summed E-state index contributed by atoms with van der Waals surface area (Å²) in [6.07, 6.45) is 7.03. The molecule has 1 saturated carbocycles. The molecule has 9 heteroatoms. The first-order valence-corrected chi connectivity index (χ1v) is 11.3. The van der Waals surface area contributed by atoms with Gasteiger partial charge in [-0.2, -0.15) is 20.2 Å². The number of hydrogen-bond donors (Lipinski definition) is 2. The summed E-state index contributed by atoms with van der Waals surface area (Å²) in [7, 11) is 1.62. The Labute approximate surface area is 190 Å². The number of likely N-dealkylation sites (tertiary alicyclic amines) is 1. The maximum Gasteiger partial charge on any atom is 0.228 e. The lowest BCUT2D eigenvalue weighted by molar-refractivity contribution is -0.136. The van der Waals surface area contributed by atoms with Crippen LogP contribution in [0.15, 0.2) is 36.7 Å². The van der Waals surface area contributed by atoms with Crippen LogP contribution < -0.4 is 10.1 Å². The molecule has 2 fully saturated rings. The summed E-state index contributed by atoms with van der Waals surface area (Å²) in [5.74, 6) is 1.32. The molecule has 33 heavy (non-hydrogen) atoms. The third-order valence-electron chi connectivity index (χ3n) is 6.95. The number of ether oxygens (including phenoxy) is 1. The van der Waals surface area contributed by atoms with E-state index in [0.717, 1.165) is 53.2 Å². The molecule has 0 atom stereocenters. The van der Waals surface area contributed by atoms with Gasteiger partial charge in [0, 0.05) is 41.7 Å². The van der Waals surface area contributed by atoms with Gasteiger partial charge in [-0.15, -0.1) is 0 Å². The second kappa shape index (κ2) is 7.40. The summed E-state index contributed by atoms with van der Waals surface area (Å²) in [5.41, 5.74) is 3.48. The van der Waals surface area contributed by atoms with Crippen molar-refractivity contribution in [2.45, 2.75) is 44.2 Å².